The van der Waals surface area contributed by atoms with Crippen LogP contribution in [-0.2, 0) is 14.3 Å². The number of nitrogens with two attached hydrogens (primary N) is 1. The first-order valence-electron chi connectivity index (χ1n) is 13.0. The standard InChI is InChI=1S/C29H35ClFN3O6/c1-14(2)11-22(32)27(37)33-15(3)28(38)39-25-24(34-26(36)18-7-9-21(31)20(30)13-18)19-12-17(16(4)35)8-10-23(19)40-29(25,5)6/h7-10,12-15,22,24-25H,11,32H2,1-6H3,(H,33,37)(H,34,36)/t15-,22-,24?,25?/m0/s1. The van der Waals surface area contributed by atoms with Crippen molar-refractivity contribution in [3.05, 3.63) is 63.9 Å². The van der Waals surface area contributed by atoms with Gasteiger partial charge in [-0.2, -0.15) is 0 Å². The quantitative estimate of drug-likeness (QED) is 0.302. The molecule has 0 saturated heterocycles. The number of carbonyl (C=O) groups is 4. The first-order valence-corrected chi connectivity index (χ1v) is 13.3. The van der Waals surface area contributed by atoms with E-state index in [9.17, 15) is 23.6 Å². The molecule has 216 valence electrons. The summed E-state index contributed by atoms with van der Waals surface area (Å²) in [6, 6.07) is 5.46. The van der Waals surface area contributed by atoms with Crippen LogP contribution >= 0.6 is 11.6 Å². The zero-order chi connectivity index (χ0) is 29.9. The van der Waals surface area contributed by atoms with Crippen molar-refractivity contribution in [2.24, 2.45) is 11.7 Å². The topological polar surface area (TPSA) is 137 Å². The van der Waals surface area contributed by atoms with Gasteiger partial charge < -0.3 is 25.8 Å². The SMILES string of the molecule is CC(=O)c1ccc2c(c1)C(NC(=O)c1ccc(F)c(Cl)c1)C(OC(=O)[C@H](C)NC(=O)[C@@H](N)CC(C)C)C(C)(C)O2. The number of hydrogen-bond donors (Lipinski definition) is 3. The van der Waals surface area contributed by atoms with Crippen LogP contribution in [0.2, 0.25) is 5.02 Å². The summed E-state index contributed by atoms with van der Waals surface area (Å²) in [5.74, 6) is -2.22. The normalized spacial score (nSPS) is 19.1. The van der Waals surface area contributed by atoms with Gasteiger partial charge in [0.2, 0.25) is 5.91 Å². The van der Waals surface area contributed by atoms with Crippen LogP contribution in [0.15, 0.2) is 36.4 Å². The Bertz CT molecular complexity index is 1310. The van der Waals surface area contributed by atoms with Crippen LogP contribution in [0.25, 0.3) is 0 Å². The van der Waals surface area contributed by atoms with Gasteiger partial charge in [0, 0.05) is 16.7 Å². The van der Waals surface area contributed by atoms with E-state index in [2.05, 4.69) is 10.6 Å². The Kier molecular flexibility index (Phi) is 9.58. The highest BCUT2D eigenvalue weighted by Gasteiger charge is 2.48. The number of ketones is 1. The van der Waals surface area contributed by atoms with Crippen LogP contribution in [0.1, 0.15) is 80.3 Å². The molecular weight excluding hydrogens is 541 g/mol. The van der Waals surface area contributed by atoms with Crippen LogP contribution in [0.3, 0.4) is 0 Å². The van der Waals surface area contributed by atoms with Crippen molar-refractivity contribution >= 4 is 35.2 Å². The van der Waals surface area contributed by atoms with Crippen molar-refractivity contribution in [2.75, 3.05) is 0 Å². The van der Waals surface area contributed by atoms with Crippen molar-refractivity contribution in [1.82, 2.24) is 10.6 Å². The van der Waals surface area contributed by atoms with E-state index in [4.69, 9.17) is 26.8 Å². The van der Waals surface area contributed by atoms with Crippen molar-refractivity contribution in [1.29, 1.82) is 0 Å². The van der Waals surface area contributed by atoms with Crippen molar-refractivity contribution in [3.63, 3.8) is 0 Å². The third-order valence-corrected chi connectivity index (χ3v) is 6.89. The molecule has 2 aromatic carbocycles. The zero-order valence-electron chi connectivity index (χ0n) is 23.3. The summed E-state index contributed by atoms with van der Waals surface area (Å²) in [7, 11) is 0. The summed E-state index contributed by atoms with van der Waals surface area (Å²) in [6.45, 7) is 10.1. The number of amides is 2. The summed E-state index contributed by atoms with van der Waals surface area (Å²) < 4.78 is 25.7. The van der Waals surface area contributed by atoms with Gasteiger partial charge in [-0.15, -0.1) is 0 Å². The van der Waals surface area contributed by atoms with E-state index in [1.165, 1.54) is 26.0 Å². The van der Waals surface area contributed by atoms with E-state index in [1.807, 2.05) is 13.8 Å². The van der Waals surface area contributed by atoms with Crippen LogP contribution < -0.4 is 21.1 Å². The highest BCUT2D eigenvalue weighted by atomic mass is 35.5. The minimum atomic E-state index is -1.16. The van der Waals surface area contributed by atoms with Crippen molar-refractivity contribution in [2.45, 2.75) is 77.8 Å². The molecule has 4 atom stereocenters. The van der Waals surface area contributed by atoms with Gasteiger partial charge >= 0.3 is 5.97 Å². The maximum absolute atomic E-state index is 13.7. The Hall–Kier alpha value is -3.50. The number of Topliss-reactive ketones (excluding diaryl/α,β-unsaturated/α-hetero) is 1. The number of benzene rings is 2. The number of nitrogens with one attached hydrogen (secondary N) is 2. The van der Waals surface area contributed by atoms with Gasteiger partial charge in [0.15, 0.2) is 11.9 Å². The molecule has 11 heteroatoms. The molecule has 1 aliphatic heterocycles. The van der Waals surface area contributed by atoms with Crippen LogP contribution in [0.4, 0.5) is 4.39 Å². The van der Waals surface area contributed by atoms with Crippen molar-refractivity contribution in [3.8, 4) is 5.75 Å². The highest BCUT2D eigenvalue weighted by Crippen LogP contribution is 2.42. The number of carbonyl (C=O) groups excluding carboxylic acids is 4. The van der Waals surface area contributed by atoms with E-state index in [0.29, 0.717) is 23.3 Å². The summed E-state index contributed by atoms with van der Waals surface area (Å²) in [6.07, 6.45) is -0.660. The van der Waals surface area contributed by atoms with Gasteiger partial charge in [-0.25, -0.2) is 9.18 Å². The van der Waals surface area contributed by atoms with Crippen LogP contribution in [0.5, 0.6) is 5.75 Å². The summed E-state index contributed by atoms with van der Waals surface area (Å²) in [5, 5.41) is 5.18. The average Bonchev–Trinajstić information content (AvgIpc) is 2.86. The smallest absolute Gasteiger partial charge is 0.328 e. The molecule has 0 aromatic heterocycles. The Morgan fingerprint density at radius 2 is 1.75 bits per heavy atom. The summed E-state index contributed by atoms with van der Waals surface area (Å²) in [5.41, 5.74) is 5.63. The maximum atomic E-state index is 13.7. The molecular formula is C29H35ClFN3O6. The molecule has 9 nitrogen and oxygen atoms in total. The summed E-state index contributed by atoms with van der Waals surface area (Å²) in [4.78, 5) is 51.1. The fourth-order valence-electron chi connectivity index (χ4n) is 4.46. The molecule has 0 aliphatic carbocycles. The van der Waals surface area contributed by atoms with E-state index in [0.717, 1.165) is 6.07 Å². The Labute approximate surface area is 237 Å². The second-order valence-electron chi connectivity index (χ2n) is 10.9. The Morgan fingerprint density at radius 1 is 1.10 bits per heavy atom. The summed E-state index contributed by atoms with van der Waals surface area (Å²) >= 11 is 5.88. The third-order valence-electron chi connectivity index (χ3n) is 6.60. The number of ether oxygens (including phenoxy) is 2. The number of fused-ring (bicyclic) bond motifs is 1. The molecule has 3 rings (SSSR count). The lowest BCUT2D eigenvalue weighted by Gasteiger charge is -2.44. The predicted octanol–water partition coefficient (Wildman–Crippen LogP) is 4.11. The molecule has 0 spiro atoms. The fourth-order valence-corrected chi connectivity index (χ4v) is 4.64. The average molecular weight is 576 g/mol. The highest BCUT2D eigenvalue weighted by molar-refractivity contribution is 6.31. The molecule has 40 heavy (non-hydrogen) atoms. The lowest BCUT2D eigenvalue weighted by molar-refractivity contribution is -0.168. The fraction of sp³-hybridized carbons (Fsp3) is 0.448. The largest absolute Gasteiger partial charge is 0.484 e. The molecule has 0 radical (unpaired) electrons. The lowest BCUT2D eigenvalue weighted by Crippen LogP contribution is -2.57. The minimum Gasteiger partial charge on any atom is -0.484 e. The van der Waals surface area contributed by atoms with E-state index < -0.39 is 53.4 Å². The van der Waals surface area contributed by atoms with Gasteiger partial charge in [-0.1, -0.05) is 25.4 Å². The molecule has 2 aromatic rings. The Balaban J connectivity index is 1.95. The maximum Gasteiger partial charge on any atom is 0.328 e. The van der Waals surface area contributed by atoms with Gasteiger partial charge in [-0.05, 0) is 76.4 Å². The predicted molar refractivity (Wildman–Crippen MR) is 148 cm³/mol. The molecule has 2 unspecified atom stereocenters. The van der Waals surface area contributed by atoms with Gasteiger partial charge in [0.1, 0.15) is 23.2 Å². The molecule has 2 amide bonds. The number of hydrogen-bond acceptors (Lipinski definition) is 7. The van der Waals surface area contributed by atoms with E-state index in [-0.39, 0.29) is 22.3 Å². The molecule has 4 N–H and O–H groups in total. The van der Waals surface area contributed by atoms with Crippen LogP contribution in [0, 0.1) is 11.7 Å². The van der Waals surface area contributed by atoms with Gasteiger partial charge in [-0.3, -0.25) is 14.4 Å². The van der Waals surface area contributed by atoms with E-state index in [1.54, 1.807) is 32.0 Å². The minimum absolute atomic E-state index is 0.0739. The molecule has 0 bridgehead atoms. The molecule has 1 heterocycles. The second kappa shape index (κ2) is 12.3. The van der Waals surface area contributed by atoms with Crippen LogP contribution in [-0.4, -0.2) is 47.4 Å². The molecule has 0 fully saturated rings. The van der Waals surface area contributed by atoms with E-state index >= 15 is 0 Å². The van der Waals surface area contributed by atoms with Gasteiger partial charge in [0.25, 0.3) is 5.91 Å². The zero-order valence-corrected chi connectivity index (χ0v) is 24.1. The van der Waals surface area contributed by atoms with Gasteiger partial charge in [0.05, 0.1) is 17.1 Å². The lowest BCUT2D eigenvalue weighted by atomic mass is 9.85. The Morgan fingerprint density at radius 3 is 2.35 bits per heavy atom. The number of halogens is 2. The first-order chi connectivity index (χ1) is 18.6. The first kappa shape index (κ1) is 31.0. The molecule has 1 aliphatic rings. The third kappa shape index (κ3) is 7.17. The second-order valence-corrected chi connectivity index (χ2v) is 11.3. The number of esters is 1. The molecule has 0 saturated carbocycles. The number of rotatable bonds is 9. The van der Waals surface area contributed by atoms with Crippen molar-refractivity contribution < 1.29 is 33.0 Å². The monoisotopic (exact) mass is 575 g/mol.